The molecule has 0 spiro atoms. The smallest absolute Gasteiger partial charge is 0.124 e. The molecule has 1 N–H and O–H groups in total. The van der Waals surface area contributed by atoms with Crippen molar-refractivity contribution in [2.75, 3.05) is 26.2 Å². The van der Waals surface area contributed by atoms with Crippen molar-refractivity contribution in [1.82, 2.24) is 10.2 Å². The number of hydrogen-bond acceptors (Lipinski definition) is 3. The van der Waals surface area contributed by atoms with E-state index in [9.17, 15) is 0 Å². The lowest BCUT2D eigenvalue weighted by Gasteiger charge is -2.22. The number of unbranched alkanes of at least 4 members (excludes halogenated alkanes) is 2. The number of benzene rings is 2. The lowest BCUT2D eigenvalue weighted by atomic mass is 10.1. The normalized spacial score (nSPS) is 10.5. The van der Waals surface area contributed by atoms with Crippen molar-refractivity contribution in [3.63, 3.8) is 0 Å². The molecule has 2 rings (SSSR count). The highest BCUT2D eigenvalue weighted by Crippen LogP contribution is 2.19. The fourth-order valence-electron chi connectivity index (χ4n) is 3.39. The molecular weight excluding hydrogens is 427 g/mol. The molecule has 0 aromatic heterocycles. The molecule has 0 atom stereocenters. The highest BCUT2D eigenvalue weighted by atomic mass is 35.5. The molecule has 0 saturated heterocycles. The van der Waals surface area contributed by atoms with Crippen LogP contribution >= 0.6 is 24.8 Å². The van der Waals surface area contributed by atoms with Gasteiger partial charge in [0.25, 0.3) is 0 Å². The fraction of sp³-hybridized carbons (Fsp3) is 0.538. The fourth-order valence-corrected chi connectivity index (χ4v) is 3.39. The number of halogens is 2. The van der Waals surface area contributed by atoms with E-state index in [0.29, 0.717) is 6.61 Å². The first-order chi connectivity index (χ1) is 14.2. The molecule has 0 radical (unpaired) electrons. The third kappa shape index (κ3) is 12.4. The second-order valence-corrected chi connectivity index (χ2v) is 7.96. The molecule has 0 bridgehead atoms. The van der Waals surface area contributed by atoms with Crippen LogP contribution in [0.2, 0.25) is 0 Å². The van der Waals surface area contributed by atoms with Crippen molar-refractivity contribution in [3.8, 4) is 5.75 Å². The summed E-state index contributed by atoms with van der Waals surface area (Å²) in [5.74, 6) is 0.980. The van der Waals surface area contributed by atoms with Crippen LogP contribution in [0.3, 0.4) is 0 Å². The van der Waals surface area contributed by atoms with E-state index in [2.05, 4.69) is 73.5 Å². The van der Waals surface area contributed by atoms with Crippen LogP contribution in [0.5, 0.6) is 5.75 Å². The van der Waals surface area contributed by atoms with Gasteiger partial charge in [0.15, 0.2) is 0 Å². The topological polar surface area (TPSA) is 24.5 Å². The number of aryl methyl sites for hydroxylation is 1. The Morgan fingerprint density at radius 1 is 0.806 bits per heavy atom. The van der Waals surface area contributed by atoms with E-state index < -0.39 is 0 Å². The molecule has 0 amide bonds. The van der Waals surface area contributed by atoms with E-state index in [1.165, 1.54) is 68.4 Å². The van der Waals surface area contributed by atoms with Crippen LogP contribution in [0.25, 0.3) is 0 Å². The standard InChI is InChI=1S/C26H40N2O.2ClH/c1-4-6-18-28(19-7-5-2)20-10-17-27-21-25-11-8-9-12-26(25)29-22-24-15-13-23(3)14-16-24;;/h8-9,11-16,27H,4-7,10,17-22H2,1-3H3;2*1H. The summed E-state index contributed by atoms with van der Waals surface area (Å²) < 4.78 is 6.10. The Kier molecular flexibility index (Phi) is 17.6. The van der Waals surface area contributed by atoms with Crippen LogP contribution in [-0.2, 0) is 13.2 Å². The third-order valence-corrected chi connectivity index (χ3v) is 5.29. The molecular formula is C26H42Cl2N2O. The summed E-state index contributed by atoms with van der Waals surface area (Å²) in [6.45, 7) is 12.8. The highest BCUT2D eigenvalue weighted by molar-refractivity contribution is 5.85. The molecule has 0 heterocycles. The molecule has 5 heteroatoms. The molecule has 0 aliphatic rings. The van der Waals surface area contributed by atoms with E-state index >= 15 is 0 Å². The van der Waals surface area contributed by atoms with E-state index in [0.717, 1.165) is 18.8 Å². The van der Waals surface area contributed by atoms with E-state index in [1.54, 1.807) is 0 Å². The zero-order valence-corrected chi connectivity index (χ0v) is 21.2. The highest BCUT2D eigenvalue weighted by Gasteiger charge is 2.05. The maximum Gasteiger partial charge on any atom is 0.124 e. The predicted octanol–water partition coefficient (Wildman–Crippen LogP) is 6.80. The van der Waals surface area contributed by atoms with Crippen molar-refractivity contribution < 1.29 is 4.74 Å². The quantitative estimate of drug-likeness (QED) is 0.290. The van der Waals surface area contributed by atoms with Gasteiger partial charge in [0.05, 0.1) is 0 Å². The molecule has 0 saturated carbocycles. The summed E-state index contributed by atoms with van der Waals surface area (Å²) in [7, 11) is 0. The average molecular weight is 470 g/mol. The number of rotatable bonds is 15. The van der Waals surface area contributed by atoms with Crippen LogP contribution in [0.1, 0.15) is 62.6 Å². The van der Waals surface area contributed by atoms with Gasteiger partial charge in [-0.2, -0.15) is 0 Å². The zero-order chi connectivity index (χ0) is 20.7. The number of nitrogens with zero attached hydrogens (tertiary/aromatic N) is 1. The minimum Gasteiger partial charge on any atom is -0.489 e. The van der Waals surface area contributed by atoms with E-state index in [4.69, 9.17) is 4.74 Å². The predicted molar refractivity (Wildman–Crippen MR) is 139 cm³/mol. The van der Waals surface area contributed by atoms with Gasteiger partial charge in [-0.1, -0.05) is 74.7 Å². The van der Waals surface area contributed by atoms with Gasteiger partial charge in [0.1, 0.15) is 12.4 Å². The first-order valence-corrected chi connectivity index (χ1v) is 11.4. The van der Waals surface area contributed by atoms with Gasteiger partial charge in [0.2, 0.25) is 0 Å². The minimum atomic E-state index is 0. The molecule has 0 aliphatic carbocycles. The molecule has 2 aromatic carbocycles. The van der Waals surface area contributed by atoms with Crippen molar-refractivity contribution >= 4 is 24.8 Å². The number of para-hydroxylation sites is 1. The zero-order valence-electron chi connectivity index (χ0n) is 19.6. The van der Waals surface area contributed by atoms with Crippen LogP contribution in [-0.4, -0.2) is 31.1 Å². The average Bonchev–Trinajstić information content (AvgIpc) is 2.75. The Morgan fingerprint density at radius 2 is 1.42 bits per heavy atom. The largest absolute Gasteiger partial charge is 0.489 e. The van der Waals surface area contributed by atoms with Crippen LogP contribution in [0.4, 0.5) is 0 Å². The van der Waals surface area contributed by atoms with Crippen LogP contribution < -0.4 is 10.1 Å². The summed E-state index contributed by atoms with van der Waals surface area (Å²) in [4.78, 5) is 2.63. The van der Waals surface area contributed by atoms with Crippen molar-refractivity contribution in [2.45, 2.75) is 66.0 Å². The monoisotopic (exact) mass is 468 g/mol. The first-order valence-electron chi connectivity index (χ1n) is 11.4. The van der Waals surface area contributed by atoms with Crippen molar-refractivity contribution in [1.29, 1.82) is 0 Å². The van der Waals surface area contributed by atoms with Gasteiger partial charge in [-0.3, -0.25) is 0 Å². The Hall–Kier alpha value is -1.26. The Labute approximate surface area is 202 Å². The Bertz CT molecular complexity index is 671. The number of ether oxygens (including phenoxy) is 1. The summed E-state index contributed by atoms with van der Waals surface area (Å²) in [6, 6.07) is 16.9. The lowest BCUT2D eigenvalue weighted by molar-refractivity contribution is 0.260. The van der Waals surface area contributed by atoms with Gasteiger partial charge in [-0.05, 0) is 64.0 Å². The summed E-state index contributed by atoms with van der Waals surface area (Å²) in [5, 5.41) is 3.61. The van der Waals surface area contributed by atoms with E-state index in [1.807, 2.05) is 6.07 Å². The third-order valence-electron chi connectivity index (χ3n) is 5.29. The Balaban J connectivity index is 0.00000450. The summed E-state index contributed by atoms with van der Waals surface area (Å²) in [6.07, 6.45) is 6.37. The molecule has 0 fully saturated rings. The number of nitrogens with one attached hydrogen (secondary N) is 1. The second-order valence-electron chi connectivity index (χ2n) is 7.96. The number of hydrogen-bond donors (Lipinski definition) is 1. The van der Waals surface area contributed by atoms with E-state index in [-0.39, 0.29) is 24.8 Å². The van der Waals surface area contributed by atoms with Crippen LogP contribution in [0.15, 0.2) is 48.5 Å². The summed E-state index contributed by atoms with van der Waals surface area (Å²) in [5.41, 5.74) is 3.72. The first kappa shape index (κ1) is 29.7. The SMILES string of the molecule is CCCCN(CCCC)CCCNCc1ccccc1OCc1ccc(C)cc1.Cl.Cl. The second kappa shape index (κ2) is 18.3. The maximum atomic E-state index is 6.10. The Morgan fingerprint density at radius 3 is 2.06 bits per heavy atom. The van der Waals surface area contributed by atoms with Crippen LogP contribution in [0, 0.1) is 6.92 Å². The lowest BCUT2D eigenvalue weighted by Crippen LogP contribution is -2.29. The van der Waals surface area contributed by atoms with Gasteiger partial charge in [-0.25, -0.2) is 0 Å². The molecule has 0 unspecified atom stereocenters. The molecule has 3 nitrogen and oxygen atoms in total. The van der Waals surface area contributed by atoms with Gasteiger partial charge in [-0.15, -0.1) is 24.8 Å². The molecule has 2 aromatic rings. The summed E-state index contributed by atoms with van der Waals surface area (Å²) >= 11 is 0. The molecule has 31 heavy (non-hydrogen) atoms. The molecule has 176 valence electrons. The van der Waals surface area contributed by atoms with Crippen molar-refractivity contribution in [2.24, 2.45) is 0 Å². The van der Waals surface area contributed by atoms with Gasteiger partial charge in [0, 0.05) is 12.1 Å². The van der Waals surface area contributed by atoms with Gasteiger partial charge >= 0.3 is 0 Å². The van der Waals surface area contributed by atoms with Crippen molar-refractivity contribution in [3.05, 3.63) is 65.2 Å². The maximum absolute atomic E-state index is 6.10. The molecule has 0 aliphatic heterocycles. The van der Waals surface area contributed by atoms with Gasteiger partial charge < -0.3 is 15.0 Å². The minimum absolute atomic E-state index is 0.